The third kappa shape index (κ3) is 5.69. The lowest BCUT2D eigenvalue weighted by Gasteiger charge is -2.29. The Hall–Kier alpha value is -3.02. The summed E-state index contributed by atoms with van der Waals surface area (Å²) in [6.45, 7) is 2.51. The molecule has 6 nitrogen and oxygen atoms in total. The Morgan fingerprint density at radius 2 is 1.83 bits per heavy atom. The second-order valence-corrected chi connectivity index (χ2v) is 9.57. The minimum atomic E-state index is -0.732. The highest BCUT2D eigenvalue weighted by molar-refractivity contribution is 14.1. The molecule has 0 radical (unpaired) electrons. The van der Waals surface area contributed by atoms with Crippen molar-refractivity contribution in [3.63, 3.8) is 0 Å². The lowest BCUT2D eigenvalue weighted by Crippen LogP contribution is -2.54. The van der Waals surface area contributed by atoms with Crippen LogP contribution < -0.4 is 19.7 Å². The third-order valence-corrected chi connectivity index (χ3v) is 6.47. The van der Waals surface area contributed by atoms with Crippen LogP contribution in [0.5, 0.6) is 11.5 Å². The fourth-order valence-corrected chi connectivity index (χ4v) is 4.67. The Balaban J connectivity index is 1.66. The van der Waals surface area contributed by atoms with Gasteiger partial charge in [-0.15, -0.1) is 0 Å². The largest absolute Gasteiger partial charge is 0.490 e. The Morgan fingerprint density at radius 1 is 1.11 bits per heavy atom. The molecule has 2 amide bonds. The van der Waals surface area contributed by atoms with Crippen molar-refractivity contribution in [1.82, 2.24) is 5.32 Å². The van der Waals surface area contributed by atoms with Gasteiger partial charge in [-0.3, -0.25) is 14.9 Å². The van der Waals surface area contributed by atoms with Crippen LogP contribution in [0.25, 0.3) is 6.08 Å². The molecule has 1 heterocycles. The number of halogens is 3. The molecule has 3 aromatic carbocycles. The third-order valence-electron chi connectivity index (χ3n) is 5.13. The van der Waals surface area contributed by atoms with Gasteiger partial charge in [-0.05, 0) is 95.3 Å². The Labute approximate surface area is 231 Å². The summed E-state index contributed by atoms with van der Waals surface area (Å²) in [6, 6.07) is 16.4. The molecule has 4 rings (SSSR count). The number of rotatable bonds is 7. The summed E-state index contributed by atoms with van der Waals surface area (Å²) in [7, 11) is 0. The first-order chi connectivity index (χ1) is 17.3. The average molecular weight is 637 g/mol. The van der Waals surface area contributed by atoms with E-state index in [0.717, 1.165) is 10.5 Å². The highest BCUT2D eigenvalue weighted by Crippen LogP contribution is 2.36. The van der Waals surface area contributed by atoms with Crippen molar-refractivity contribution in [2.75, 3.05) is 11.5 Å². The molecule has 184 valence electrons. The summed E-state index contributed by atoms with van der Waals surface area (Å²) in [5, 5.41) is 2.90. The van der Waals surface area contributed by atoms with Gasteiger partial charge in [-0.2, -0.15) is 0 Å². The second kappa shape index (κ2) is 11.4. The van der Waals surface area contributed by atoms with E-state index in [2.05, 4.69) is 27.9 Å². The molecule has 1 N–H and O–H groups in total. The summed E-state index contributed by atoms with van der Waals surface area (Å²) in [5.74, 6) is -1.06. The number of thiocarbonyl (C=S) groups is 1. The van der Waals surface area contributed by atoms with E-state index in [9.17, 15) is 14.0 Å². The molecule has 0 bridgehead atoms. The standard InChI is InChI=1S/C26H19ClFIN2O4S/c1-2-34-22-13-16(12-20(29)23(22)35-14-15-7-9-17(27)10-8-15)11-18-24(32)30-26(36)31(25(18)33)21-6-4-3-5-19(21)28/h3-13H,2,14H2,1H3,(H,30,32,36)/b18-11+. The molecule has 1 aliphatic heterocycles. The number of amides is 2. The first kappa shape index (κ1) is 26.1. The van der Waals surface area contributed by atoms with Gasteiger partial charge in [-0.25, -0.2) is 9.29 Å². The maximum Gasteiger partial charge on any atom is 0.270 e. The summed E-state index contributed by atoms with van der Waals surface area (Å²) in [6.07, 6.45) is 1.42. The minimum absolute atomic E-state index is 0.0473. The molecule has 0 unspecified atom stereocenters. The predicted octanol–water partition coefficient (Wildman–Crippen LogP) is 5.89. The van der Waals surface area contributed by atoms with Gasteiger partial charge in [0.05, 0.1) is 15.9 Å². The highest BCUT2D eigenvalue weighted by atomic mass is 127. The van der Waals surface area contributed by atoms with Crippen molar-refractivity contribution in [2.24, 2.45) is 0 Å². The van der Waals surface area contributed by atoms with Crippen molar-refractivity contribution in [3.05, 3.63) is 91.8 Å². The van der Waals surface area contributed by atoms with Gasteiger partial charge in [-0.1, -0.05) is 35.9 Å². The molecule has 36 heavy (non-hydrogen) atoms. The smallest absolute Gasteiger partial charge is 0.270 e. The van der Waals surface area contributed by atoms with E-state index < -0.39 is 17.6 Å². The van der Waals surface area contributed by atoms with E-state index >= 15 is 0 Å². The fraction of sp³-hybridized carbons (Fsp3) is 0.115. The van der Waals surface area contributed by atoms with Gasteiger partial charge in [0.1, 0.15) is 18.0 Å². The van der Waals surface area contributed by atoms with Gasteiger partial charge >= 0.3 is 0 Å². The van der Waals surface area contributed by atoms with Gasteiger partial charge < -0.3 is 9.47 Å². The van der Waals surface area contributed by atoms with Gasteiger partial charge in [0.2, 0.25) is 0 Å². The number of hydrogen-bond acceptors (Lipinski definition) is 5. The number of nitrogens with one attached hydrogen (secondary N) is 1. The molecule has 0 spiro atoms. The molecular weight excluding hydrogens is 618 g/mol. The number of ether oxygens (including phenoxy) is 2. The summed E-state index contributed by atoms with van der Waals surface area (Å²) < 4.78 is 26.9. The number of anilines is 1. The molecule has 1 fully saturated rings. The Kier molecular flexibility index (Phi) is 8.22. The fourth-order valence-electron chi connectivity index (χ4n) is 3.49. The minimum Gasteiger partial charge on any atom is -0.490 e. The van der Waals surface area contributed by atoms with Crippen molar-refractivity contribution < 1.29 is 23.5 Å². The number of para-hydroxylation sites is 1. The summed E-state index contributed by atoms with van der Waals surface area (Å²) in [4.78, 5) is 26.8. The van der Waals surface area contributed by atoms with E-state index in [4.69, 9.17) is 33.3 Å². The average Bonchev–Trinajstić information content (AvgIpc) is 2.83. The molecule has 0 atom stereocenters. The van der Waals surface area contributed by atoms with Crippen LogP contribution in [0.15, 0.2) is 66.2 Å². The van der Waals surface area contributed by atoms with Crippen LogP contribution in [0.3, 0.4) is 0 Å². The molecule has 0 saturated carbocycles. The van der Waals surface area contributed by atoms with Gasteiger partial charge in [0.15, 0.2) is 16.6 Å². The maximum absolute atomic E-state index is 14.4. The van der Waals surface area contributed by atoms with Crippen molar-refractivity contribution >= 4 is 75.1 Å². The monoisotopic (exact) mass is 636 g/mol. The first-order valence-corrected chi connectivity index (χ1v) is 12.6. The van der Waals surface area contributed by atoms with Crippen molar-refractivity contribution in [1.29, 1.82) is 0 Å². The lowest BCUT2D eigenvalue weighted by molar-refractivity contribution is -0.122. The molecule has 1 aliphatic rings. The van der Waals surface area contributed by atoms with Gasteiger partial charge in [0.25, 0.3) is 11.8 Å². The van der Waals surface area contributed by atoms with Crippen LogP contribution in [0.1, 0.15) is 18.1 Å². The molecule has 0 aliphatic carbocycles. The zero-order chi connectivity index (χ0) is 25.8. The van der Waals surface area contributed by atoms with Crippen LogP contribution >= 0.6 is 46.4 Å². The van der Waals surface area contributed by atoms with Crippen molar-refractivity contribution in [3.8, 4) is 11.5 Å². The number of hydrogen-bond donors (Lipinski definition) is 1. The number of carbonyl (C=O) groups excluding carboxylic acids is 2. The lowest BCUT2D eigenvalue weighted by atomic mass is 10.1. The van der Waals surface area contributed by atoms with E-state index in [0.29, 0.717) is 38.9 Å². The summed E-state index contributed by atoms with van der Waals surface area (Å²) >= 11 is 13.2. The van der Waals surface area contributed by atoms with Crippen LogP contribution in [0.4, 0.5) is 10.1 Å². The summed E-state index contributed by atoms with van der Waals surface area (Å²) in [5.41, 5.74) is 1.22. The predicted molar refractivity (Wildman–Crippen MR) is 149 cm³/mol. The Bertz CT molecular complexity index is 1380. The number of benzene rings is 3. The second-order valence-electron chi connectivity index (χ2n) is 7.59. The van der Waals surface area contributed by atoms with Crippen LogP contribution in [-0.4, -0.2) is 23.5 Å². The van der Waals surface area contributed by atoms with Crippen LogP contribution in [-0.2, 0) is 16.2 Å². The van der Waals surface area contributed by atoms with Crippen LogP contribution in [0.2, 0.25) is 5.02 Å². The zero-order valence-electron chi connectivity index (χ0n) is 18.9. The molecule has 3 aromatic rings. The molecular formula is C26H19ClFIN2O4S. The number of carbonyl (C=O) groups is 2. The quantitative estimate of drug-likeness (QED) is 0.152. The topological polar surface area (TPSA) is 67.9 Å². The SMILES string of the molecule is CCOc1cc(/C=C2\C(=O)NC(=S)N(c3ccccc3F)C2=O)cc(I)c1OCc1ccc(Cl)cc1. The van der Waals surface area contributed by atoms with E-state index in [1.165, 1.54) is 24.3 Å². The zero-order valence-corrected chi connectivity index (χ0v) is 22.6. The number of nitrogens with zero attached hydrogens (tertiary/aromatic N) is 1. The highest BCUT2D eigenvalue weighted by Gasteiger charge is 2.35. The maximum atomic E-state index is 14.4. The van der Waals surface area contributed by atoms with E-state index in [-0.39, 0.29) is 16.4 Å². The molecule has 10 heteroatoms. The van der Waals surface area contributed by atoms with Crippen molar-refractivity contribution in [2.45, 2.75) is 13.5 Å². The first-order valence-electron chi connectivity index (χ1n) is 10.8. The van der Waals surface area contributed by atoms with E-state index in [1.807, 2.05) is 19.1 Å². The van der Waals surface area contributed by atoms with Crippen LogP contribution in [0, 0.1) is 9.39 Å². The molecule has 1 saturated heterocycles. The van der Waals surface area contributed by atoms with Gasteiger partial charge in [0, 0.05) is 5.02 Å². The molecule has 0 aromatic heterocycles. The Morgan fingerprint density at radius 3 is 2.53 bits per heavy atom. The normalized spacial score (nSPS) is 14.7. The van der Waals surface area contributed by atoms with E-state index in [1.54, 1.807) is 30.3 Å².